The maximum absolute atomic E-state index is 12.5. The first-order valence-electron chi connectivity index (χ1n) is 11.8. The molecule has 0 spiro atoms. The standard InChI is InChI=1S/C24H35N7O.HI/c1-2-25-24(27-18-22-26-10-13-31(22)19-21-8-4-3-5-9-21)30-16-14-28(15-17-30)20-23(32)29-11-6-7-12-29;/h3-5,8-10,13H,2,6-7,11-12,14-20H2,1H3,(H,25,27);1H. The monoisotopic (exact) mass is 565 g/mol. The molecule has 2 aromatic rings. The third kappa shape index (κ3) is 7.17. The molecule has 180 valence electrons. The molecule has 0 aliphatic carbocycles. The summed E-state index contributed by atoms with van der Waals surface area (Å²) in [6, 6.07) is 10.4. The van der Waals surface area contributed by atoms with Gasteiger partial charge in [-0.15, -0.1) is 24.0 Å². The number of piperazine rings is 1. The average molecular weight is 566 g/mol. The van der Waals surface area contributed by atoms with Crippen LogP contribution in [0, 0.1) is 0 Å². The number of benzene rings is 1. The minimum atomic E-state index is 0. The highest BCUT2D eigenvalue weighted by molar-refractivity contribution is 14.0. The summed E-state index contributed by atoms with van der Waals surface area (Å²) in [6.45, 7) is 10.2. The Morgan fingerprint density at radius 3 is 2.45 bits per heavy atom. The largest absolute Gasteiger partial charge is 0.357 e. The van der Waals surface area contributed by atoms with Gasteiger partial charge in [0.2, 0.25) is 5.91 Å². The van der Waals surface area contributed by atoms with Crippen molar-refractivity contribution in [3.05, 3.63) is 54.1 Å². The smallest absolute Gasteiger partial charge is 0.236 e. The number of aromatic nitrogens is 2. The number of likely N-dealkylation sites (tertiary alicyclic amines) is 1. The van der Waals surface area contributed by atoms with Crippen LogP contribution >= 0.6 is 24.0 Å². The van der Waals surface area contributed by atoms with Crippen molar-refractivity contribution in [2.75, 3.05) is 52.4 Å². The van der Waals surface area contributed by atoms with Gasteiger partial charge in [0.1, 0.15) is 12.4 Å². The van der Waals surface area contributed by atoms with Gasteiger partial charge in [-0.2, -0.15) is 0 Å². The summed E-state index contributed by atoms with van der Waals surface area (Å²) in [7, 11) is 0. The van der Waals surface area contributed by atoms with Crippen LogP contribution in [-0.4, -0.2) is 88.5 Å². The molecule has 1 aromatic heterocycles. The summed E-state index contributed by atoms with van der Waals surface area (Å²) < 4.78 is 2.16. The lowest BCUT2D eigenvalue weighted by Crippen LogP contribution is -2.54. The third-order valence-corrected chi connectivity index (χ3v) is 6.19. The lowest BCUT2D eigenvalue weighted by molar-refractivity contribution is -0.131. The normalized spacial score (nSPS) is 17.2. The van der Waals surface area contributed by atoms with Crippen molar-refractivity contribution >= 4 is 35.8 Å². The molecule has 2 aliphatic heterocycles. The van der Waals surface area contributed by atoms with E-state index in [2.05, 4.69) is 55.9 Å². The first kappa shape index (κ1) is 25.5. The van der Waals surface area contributed by atoms with Crippen molar-refractivity contribution in [2.45, 2.75) is 32.9 Å². The summed E-state index contributed by atoms with van der Waals surface area (Å²) in [5.74, 6) is 2.16. The molecule has 2 saturated heterocycles. The predicted molar refractivity (Wildman–Crippen MR) is 142 cm³/mol. The van der Waals surface area contributed by atoms with Crippen LogP contribution in [0.2, 0.25) is 0 Å². The number of aliphatic imine (C=N–C) groups is 1. The summed E-state index contributed by atoms with van der Waals surface area (Å²) in [5, 5.41) is 3.43. The highest BCUT2D eigenvalue weighted by Crippen LogP contribution is 2.10. The van der Waals surface area contributed by atoms with Crippen molar-refractivity contribution in [1.82, 2.24) is 29.6 Å². The highest BCUT2D eigenvalue weighted by atomic mass is 127. The number of nitrogens with one attached hydrogen (secondary N) is 1. The molecule has 3 heterocycles. The quantitative estimate of drug-likeness (QED) is 0.317. The Morgan fingerprint density at radius 1 is 1.03 bits per heavy atom. The van der Waals surface area contributed by atoms with E-state index in [4.69, 9.17) is 4.99 Å². The number of amides is 1. The van der Waals surface area contributed by atoms with Gasteiger partial charge in [-0.3, -0.25) is 9.69 Å². The molecule has 2 aliphatic rings. The van der Waals surface area contributed by atoms with E-state index in [1.165, 1.54) is 5.56 Å². The van der Waals surface area contributed by atoms with E-state index in [1.54, 1.807) is 0 Å². The Balaban J connectivity index is 0.00000306. The number of rotatable bonds is 7. The molecule has 4 rings (SSSR count). The van der Waals surface area contributed by atoms with Crippen LogP contribution < -0.4 is 5.32 Å². The van der Waals surface area contributed by atoms with Gasteiger partial charge in [0, 0.05) is 64.8 Å². The fourth-order valence-electron chi connectivity index (χ4n) is 4.36. The molecule has 0 saturated carbocycles. The number of guanidine groups is 1. The van der Waals surface area contributed by atoms with Gasteiger partial charge < -0.3 is 19.7 Å². The van der Waals surface area contributed by atoms with E-state index < -0.39 is 0 Å². The van der Waals surface area contributed by atoms with Gasteiger partial charge in [0.15, 0.2) is 5.96 Å². The Hall–Kier alpha value is -2.14. The van der Waals surface area contributed by atoms with Gasteiger partial charge in [0.05, 0.1) is 6.54 Å². The second-order valence-corrected chi connectivity index (χ2v) is 8.48. The number of halogens is 1. The molecule has 0 bridgehead atoms. The molecule has 2 fully saturated rings. The van der Waals surface area contributed by atoms with Crippen molar-refractivity contribution < 1.29 is 4.79 Å². The molecule has 1 amide bonds. The number of nitrogens with zero attached hydrogens (tertiary/aromatic N) is 6. The van der Waals surface area contributed by atoms with Crippen molar-refractivity contribution in [3.8, 4) is 0 Å². The van der Waals surface area contributed by atoms with Crippen LogP contribution in [0.3, 0.4) is 0 Å². The lowest BCUT2D eigenvalue weighted by atomic mass is 10.2. The molecular formula is C24H36IN7O. The van der Waals surface area contributed by atoms with E-state index in [9.17, 15) is 4.79 Å². The minimum Gasteiger partial charge on any atom is -0.357 e. The fourth-order valence-corrected chi connectivity index (χ4v) is 4.36. The lowest BCUT2D eigenvalue weighted by Gasteiger charge is -2.36. The van der Waals surface area contributed by atoms with E-state index in [-0.39, 0.29) is 29.9 Å². The van der Waals surface area contributed by atoms with E-state index >= 15 is 0 Å². The molecule has 1 aromatic carbocycles. The maximum Gasteiger partial charge on any atom is 0.236 e. The highest BCUT2D eigenvalue weighted by Gasteiger charge is 2.24. The molecule has 0 unspecified atom stereocenters. The number of hydrogen-bond donors (Lipinski definition) is 1. The Bertz CT molecular complexity index is 887. The maximum atomic E-state index is 12.5. The van der Waals surface area contributed by atoms with Crippen LogP contribution in [0.1, 0.15) is 31.2 Å². The molecule has 9 heteroatoms. The topological polar surface area (TPSA) is 69.0 Å². The predicted octanol–water partition coefficient (Wildman–Crippen LogP) is 2.25. The molecule has 33 heavy (non-hydrogen) atoms. The summed E-state index contributed by atoms with van der Waals surface area (Å²) in [6.07, 6.45) is 6.15. The Labute approximate surface area is 214 Å². The number of imidazole rings is 1. The summed E-state index contributed by atoms with van der Waals surface area (Å²) >= 11 is 0. The van der Waals surface area contributed by atoms with Gasteiger partial charge in [0.25, 0.3) is 0 Å². The van der Waals surface area contributed by atoms with Crippen LogP contribution in [0.4, 0.5) is 0 Å². The van der Waals surface area contributed by atoms with Gasteiger partial charge >= 0.3 is 0 Å². The first-order chi connectivity index (χ1) is 15.7. The second kappa shape index (κ2) is 12.9. The van der Waals surface area contributed by atoms with E-state index in [0.717, 1.165) is 77.0 Å². The zero-order valence-electron chi connectivity index (χ0n) is 19.5. The molecule has 0 radical (unpaired) electrons. The molecule has 0 atom stereocenters. The zero-order valence-corrected chi connectivity index (χ0v) is 21.9. The Morgan fingerprint density at radius 2 is 1.76 bits per heavy atom. The molecule has 8 nitrogen and oxygen atoms in total. The SMILES string of the molecule is CCNC(=NCc1nccn1Cc1ccccc1)N1CCN(CC(=O)N2CCCC2)CC1.I. The second-order valence-electron chi connectivity index (χ2n) is 8.48. The van der Waals surface area contributed by atoms with E-state index in [0.29, 0.717) is 13.1 Å². The number of carbonyl (C=O) groups is 1. The minimum absolute atomic E-state index is 0. The van der Waals surface area contributed by atoms with Crippen LogP contribution in [0.25, 0.3) is 0 Å². The van der Waals surface area contributed by atoms with Gasteiger partial charge in [-0.05, 0) is 25.3 Å². The zero-order chi connectivity index (χ0) is 22.2. The van der Waals surface area contributed by atoms with Crippen LogP contribution in [0.5, 0.6) is 0 Å². The molecule has 1 N–H and O–H groups in total. The summed E-state index contributed by atoms with van der Waals surface area (Å²) in [4.78, 5) is 28.4. The first-order valence-corrected chi connectivity index (χ1v) is 11.8. The Kier molecular flexibility index (Phi) is 9.98. The average Bonchev–Trinajstić information content (AvgIpc) is 3.51. The number of carbonyl (C=O) groups excluding carboxylic acids is 1. The van der Waals surface area contributed by atoms with Crippen molar-refractivity contribution in [3.63, 3.8) is 0 Å². The fraction of sp³-hybridized carbons (Fsp3) is 0.542. The number of hydrogen-bond acceptors (Lipinski definition) is 4. The van der Waals surface area contributed by atoms with Gasteiger partial charge in [-0.1, -0.05) is 30.3 Å². The van der Waals surface area contributed by atoms with Crippen LogP contribution in [-0.2, 0) is 17.9 Å². The summed E-state index contributed by atoms with van der Waals surface area (Å²) in [5.41, 5.74) is 1.25. The van der Waals surface area contributed by atoms with Crippen LogP contribution in [0.15, 0.2) is 47.7 Å². The molecular weight excluding hydrogens is 529 g/mol. The van der Waals surface area contributed by atoms with E-state index in [1.807, 2.05) is 23.4 Å². The third-order valence-electron chi connectivity index (χ3n) is 6.19. The van der Waals surface area contributed by atoms with Crippen molar-refractivity contribution in [2.24, 2.45) is 4.99 Å². The van der Waals surface area contributed by atoms with Gasteiger partial charge in [-0.25, -0.2) is 9.98 Å². The van der Waals surface area contributed by atoms with Crippen molar-refractivity contribution in [1.29, 1.82) is 0 Å².